The van der Waals surface area contributed by atoms with Gasteiger partial charge in [0, 0.05) is 39.7 Å². The quantitative estimate of drug-likeness (QED) is 0.523. The van der Waals surface area contributed by atoms with Crippen LogP contribution < -0.4 is 10.6 Å². The summed E-state index contributed by atoms with van der Waals surface area (Å²) in [7, 11) is 0. The minimum Gasteiger partial charge on any atom is -0.336 e. The Morgan fingerprint density at radius 3 is 2.51 bits per heavy atom. The predicted octanol–water partition coefficient (Wildman–Crippen LogP) is 4.40. The highest BCUT2D eigenvalue weighted by molar-refractivity contribution is 9.10. The van der Waals surface area contributed by atoms with E-state index in [1.54, 1.807) is 27.0 Å². The van der Waals surface area contributed by atoms with E-state index in [4.69, 9.17) is 0 Å². The normalized spacial score (nSPS) is 22.6. The van der Waals surface area contributed by atoms with Gasteiger partial charge in [-0.2, -0.15) is 18.4 Å². The molecule has 8 nitrogen and oxygen atoms in total. The van der Waals surface area contributed by atoms with Crippen molar-refractivity contribution in [3.05, 3.63) is 40.6 Å². The number of likely N-dealkylation sites (tertiary alicyclic amines) is 1. The molecule has 5 atom stereocenters. The zero-order valence-corrected chi connectivity index (χ0v) is 23.3. The third-order valence-corrected chi connectivity index (χ3v) is 8.24. The molecule has 12 heteroatoms. The molecule has 2 aliphatic rings. The van der Waals surface area contributed by atoms with Crippen molar-refractivity contribution < 1.29 is 27.6 Å². The second-order valence-electron chi connectivity index (χ2n) is 11.2. The number of amides is 3. The lowest BCUT2D eigenvalue weighted by Gasteiger charge is -2.36. The summed E-state index contributed by atoms with van der Waals surface area (Å²) < 4.78 is 39.9. The molecule has 1 aliphatic carbocycles. The lowest BCUT2D eigenvalue weighted by molar-refractivity contribution is -0.176. The largest absolute Gasteiger partial charge is 0.471 e. The zero-order chi connectivity index (χ0) is 28.7. The summed E-state index contributed by atoms with van der Waals surface area (Å²) in [6, 6.07) is 3.98. The van der Waals surface area contributed by atoms with E-state index in [9.17, 15) is 32.8 Å². The number of alkyl halides is 3. The van der Waals surface area contributed by atoms with Crippen LogP contribution in [0.5, 0.6) is 0 Å². The summed E-state index contributed by atoms with van der Waals surface area (Å²) in [5.41, 5.74) is -0.591. The van der Waals surface area contributed by atoms with E-state index < -0.39 is 47.4 Å². The second-order valence-corrected chi connectivity index (χ2v) is 12.1. The first kappa shape index (κ1) is 28.8. The Bertz CT molecular complexity index is 1330. The van der Waals surface area contributed by atoms with Crippen LogP contribution in [-0.4, -0.2) is 52.4 Å². The van der Waals surface area contributed by atoms with Gasteiger partial charge < -0.3 is 15.5 Å². The Labute approximate surface area is 232 Å². The van der Waals surface area contributed by atoms with Crippen LogP contribution in [0, 0.1) is 28.6 Å². The molecule has 0 spiro atoms. The van der Waals surface area contributed by atoms with Crippen molar-refractivity contribution in [2.24, 2.45) is 17.3 Å². The maximum Gasteiger partial charge on any atom is 0.471 e. The van der Waals surface area contributed by atoms with Crippen LogP contribution in [0.15, 0.2) is 35.1 Å². The minimum absolute atomic E-state index is 0.00228. The number of nitrogens with zero attached hydrogens (tertiary/aromatic N) is 3. The predicted molar refractivity (Wildman–Crippen MR) is 140 cm³/mol. The number of halogens is 4. The molecule has 2 aromatic rings. The fraction of sp³-hybridized carbons (Fsp3) is 0.519. The Kier molecular flexibility index (Phi) is 7.94. The molecule has 3 amide bonds. The first-order chi connectivity index (χ1) is 18.2. The first-order valence-electron chi connectivity index (χ1n) is 12.6. The minimum atomic E-state index is -5.16. The van der Waals surface area contributed by atoms with Gasteiger partial charge >= 0.3 is 12.1 Å². The van der Waals surface area contributed by atoms with E-state index in [0.29, 0.717) is 21.8 Å². The zero-order valence-electron chi connectivity index (χ0n) is 21.7. The summed E-state index contributed by atoms with van der Waals surface area (Å²) in [5.74, 6) is -3.74. The van der Waals surface area contributed by atoms with Crippen LogP contribution in [0.1, 0.15) is 51.6 Å². The second kappa shape index (κ2) is 10.8. The molecule has 1 unspecified atom stereocenters. The van der Waals surface area contributed by atoms with Crippen LogP contribution in [0.25, 0.3) is 10.8 Å². The number of nitrogens with one attached hydrogen (secondary N) is 2. The molecule has 4 rings (SSSR count). The van der Waals surface area contributed by atoms with Crippen LogP contribution in [0.2, 0.25) is 0 Å². The van der Waals surface area contributed by atoms with E-state index in [1.165, 1.54) is 11.1 Å². The number of carbonyl (C=O) groups excluding carboxylic acids is 3. The number of fused-ring (bicyclic) bond motifs is 2. The third-order valence-electron chi connectivity index (χ3n) is 7.58. The van der Waals surface area contributed by atoms with E-state index in [0.717, 1.165) is 18.2 Å². The highest BCUT2D eigenvalue weighted by atomic mass is 79.9. The number of aromatic nitrogens is 1. The molecule has 0 bridgehead atoms. The highest BCUT2D eigenvalue weighted by Gasteiger charge is 2.53. The maximum atomic E-state index is 13.8. The Morgan fingerprint density at radius 2 is 1.87 bits per heavy atom. The van der Waals surface area contributed by atoms with Gasteiger partial charge in [0.1, 0.15) is 18.1 Å². The van der Waals surface area contributed by atoms with Gasteiger partial charge in [-0.1, -0.05) is 55.3 Å². The van der Waals surface area contributed by atoms with Crippen molar-refractivity contribution in [1.82, 2.24) is 20.5 Å². The molecular weight excluding hydrogens is 579 g/mol. The van der Waals surface area contributed by atoms with Crippen LogP contribution in [0.3, 0.4) is 0 Å². The molecule has 39 heavy (non-hydrogen) atoms. The Hall–Kier alpha value is -3.20. The van der Waals surface area contributed by atoms with Crippen molar-refractivity contribution in [1.29, 1.82) is 5.26 Å². The van der Waals surface area contributed by atoms with Crippen LogP contribution >= 0.6 is 15.9 Å². The third kappa shape index (κ3) is 5.73. The molecule has 1 aliphatic heterocycles. The van der Waals surface area contributed by atoms with Crippen molar-refractivity contribution >= 4 is 44.4 Å². The fourth-order valence-electron chi connectivity index (χ4n) is 5.74. The maximum absolute atomic E-state index is 13.8. The van der Waals surface area contributed by atoms with Crippen molar-refractivity contribution in [3.8, 4) is 6.07 Å². The van der Waals surface area contributed by atoms with Crippen LogP contribution in [-0.2, 0) is 14.4 Å². The summed E-state index contributed by atoms with van der Waals surface area (Å²) in [5, 5.41) is 16.1. The summed E-state index contributed by atoms with van der Waals surface area (Å²) in [6.07, 6.45) is 0.274. The highest BCUT2D eigenvalue weighted by Crippen LogP contribution is 2.43. The van der Waals surface area contributed by atoms with Gasteiger partial charge in [-0.15, -0.1) is 0 Å². The molecular formula is C27H29BrF3N5O3. The van der Waals surface area contributed by atoms with Gasteiger partial charge in [0.15, 0.2) is 0 Å². The average Bonchev–Trinajstić information content (AvgIpc) is 3.45. The SMILES string of the molecule is CC(C)(C)[C@H](NC(=O)C(F)(F)F)C(=O)N1C[C@@H]2CCC[C@@H]2[C@H]1C(=O)NC(C#N)c1cncc2cccc(Br)c12. The molecule has 2 fully saturated rings. The molecule has 0 radical (unpaired) electrons. The van der Waals surface area contributed by atoms with Gasteiger partial charge in [-0.25, -0.2) is 0 Å². The van der Waals surface area contributed by atoms with E-state index in [-0.39, 0.29) is 18.4 Å². The molecule has 1 saturated heterocycles. The number of benzene rings is 1. The first-order valence-corrected chi connectivity index (χ1v) is 13.4. The van der Waals surface area contributed by atoms with Gasteiger partial charge in [0.2, 0.25) is 11.8 Å². The van der Waals surface area contributed by atoms with Gasteiger partial charge in [0.25, 0.3) is 0 Å². The van der Waals surface area contributed by atoms with Crippen molar-refractivity contribution in [3.63, 3.8) is 0 Å². The Morgan fingerprint density at radius 1 is 1.15 bits per heavy atom. The lowest BCUT2D eigenvalue weighted by Crippen LogP contribution is -2.60. The fourth-order valence-corrected chi connectivity index (χ4v) is 6.35. The number of hydrogen-bond donors (Lipinski definition) is 2. The standard InChI is InChI=1S/C27H29BrF3N5O3/c1-26(2,3)22(35-25(39)27(29,30)31)24(38)36-13-15-7-4-8-16(15)21(36)23(37)34-19(10-32)17-12-33-11-14-6-5-9-18(28)20(14)17/h5-6,9,11-12,15-16,19,21-22H,4,7-8,13H2,1-3H3,(H,34,37)(H,35,39)/t15-,16-,19?,21-,22+/m0/s1. The molecule has 1 saturated carbocycles. The number of pyridine rings is 1. The van der Waals surface area contributed by atoms with Gasteiger partial charge in [-0.3, -0.25) is 19.4 Å². The topological polar surface area (TPSA) is 115 Å². The molecule has 1 aromatic carbocycles. The number of carbonyl (C=O) groups is 3. The summed E-state index contributed by atoms with van der Waals surface area (Å²) >= 11 is 3.49. The Balaban J connectivity index is 1.65. The van der Waals surface area contributed by atoms with Crippen molar-refractivity contribution in [2.45, 2.75) is 64.3 Å². The lowest BCUT2D eigenvalue weighted by atomic mass is 9.85. The number of hydrogen-bond acceptors (Lipinski definition) is 5. The smallest absolute Gasteiger partial charge is 0.336 e. The molecule has 1 aromatic heterocycles. The van der Waals surface area contributed by atoms with E-state index in [1.807, 2.05) is 23.5 Å². The van der Waals surface area contributed by atoms with Crippen LogP contribution in [0.4, 0.5) is 13.2 Å². The number of rotatable bonds is 5. The molecule has 208 valence electrons. The summed E-state index contributed by atoms with van der Waals surface area (Å²) in [4.78, 5) is 44.8. The summed E-state index contributed by atoms with van der Waals surface area (Å²) in [6.45, 7) is 4.84. The van der Waals surface area contributed by atoms with Gasteiger partial charge in [-0.05, 0) is 36.2 Å². The monoisotopic (exact) mass is 607 g/mol. The van der Waals surface area contributed by atoms with Gasteiger partial charge in [0.05, 0.1) is 6.07 Å². The van der Waals surface area contributed by atoms with E-state index >= 15 is 0 Å². The molecule has 2 heterocycles. The average molecular weight is 608 g/mol. The number of nitriles is 1. The van der Waals surface area contributed by atoms with E-state index in [2.05, 4.69) is 32.3 Å². The molecule has 2 N–H and O–H groups in total. The van der Waals surface area contributed by atoms with Crippen molar-refractivity contribution in [2.75, 3.05) is 6.54 Å².